The predicted molar refractivity (Wildman–Crippen MR) is 135 cm³/mol. The van der Waals surface area contributed by atoms with Gasteiger partial charge in [-0.15, -0.1) is 0 Å². The minimum absolute atomic E-state index is 0.113. The summed E-state index contributed by atoms with van der Waals surface area (Å²) in [6, 6.07) is 12.6. The van der Waals surface area contributed by atoms with Crippen LogP contribution in [0.2, 0.25) is 0 Å². The van der Waals surface area contributed by atoms with Gasteiger partial charge in [-0.1, -0.05) is 39.0 Å². The number of nitrogens with zero attached hydrogens (tertiary/aromatic N) is 1. The van der Waals surface area contributed by atoms with E-state index in [0.717, 1.165) is 41.4 Å². The highest BCUT2D eigenvalue weighted by atomic mass is 16.5. The predicted octanol–water partition coefficient (Wildman–Crippen LogP) is 5.20. The first kappa shape index (κ1) is 24.5. The van der Waals surface area contributed by atoms with Crippen LogP contribution in [-0.4, -0.2) is 37.7 Å². The summed E-state index contributed by atoms with van der Waals surface area (Å²) in [7, 11) is 3.07. The van der Waals surface area contributed by atoms with E-state index in [2.05, 4.69) is 26.1 Å². The fourth-order valence-electron chi connectivity index (χ4n) is 4.64. The van der Waals surface area contributed by atoms with Gasteiger partial charge in [0.05, 0.1) is 25.3 Å². The normalized spacial score (nSPS) is 15.3. The zero-order valence-corrected chi connectivity index (χ0v) is 20.9. The molecule has 1 atom stereocenters. The van der Waals surface area contributed by atoms with Gasteiger partial charge in [0.15, 0.2) is 6.61 Å². The highest BCUT2D eigenvalue weighted by Gasteiger charge is 2.33. The van der Waals surface area contributed by atoms with Crippen LogP contribution in [0, 0.1) is 11.3 Å². The van der Waals surface area contributed by atoms with Crippen LogP contribution in [0.3, 0.4) is 0 Å². The highest BCUT2D eigenvalue weighted by molar-refractivity contribution is 6.06. The standard InChI is InChI=1S/C28H32N2O5/c1-28(2,3)17-10-11-24-22(12-17)26(21-8-6-7-9-23(21)30-24)27(32)35-16-25(31)29-18-13-19(33-4)15-20(14-18)34-5/h6-9,13-15,17H,10-12,16H2,1-5H3,(H,29,31). The molecule has 1 heterocycles. The van der Waals surface area contributed by atoms with Crippen LogP contribution in [0.4, 0.5) is 5.69 Å². The summed E-state index contributed by atoms with van der Waals surface area (Å²) >= 11 is 0. The third kappa shape index (κ3) is 5.39. The number of esters is 1. The van der Waals surface area contributed by atoms with E-state index < -0.39 is 18.5 Å². The SMILES string of the molecule is COc1cc(NC(=O)COC(=O)c2c3c(nc4ccccc24)CCC(C(C)(C)C)C3)cc(OC)c1. The number of hydrogen-bond acceptors (Lipinski definition) is 6. The number of carbonyl (C=O) groups is 2. The third-order valence-corrected chi connectivity index (χ3v) is 6.66. The van der Waals surface area contributed by atoms with E-state index in [4.69, 9.17) is 19.2 Å². The quantitative estimate of drug-likeness (QED) is 0.492. The Morgan fingerprint density at radius 1 is 1.06 bits per heavy atom. The third-order valence-electron chi connectivity index (χ3n) is 6.66. The Labute approximate surface area is 205 Å². The fourth-order valence-corrected chi connectivity index (χ4v) is 4.64. The van der Waals surface area contributed by atoms with E-state index in [1.165, 1.54) is 14.2 Å². The lowest BCUT2D eigenvalue weighted by Gasteiger charge is -2.35. The number of para-hydroxylation sites is 1. The number of ether oxygens (including phenoxy) is 3. The van der Waals surface area contributed by atoms with Gasteiger partial charge in [-0.2, -0.15) is 0 Å². The van der Waals surface area contributed by atoms with Crippen molar-refractivity contribution in [2.24, 2.45) is 11.3 Å². The molecule has 35 heavy (non-hydrogen) atoms. The molecule has 0 saturated carbocycles. The van der Waals surface area contributed by atoms with Crippen molar-refractivity contribution in [3.63, 3.8) is 0 Å². The Hall–Kier alpha value is -3.61. The minimum Gasteiger partial charge on any atom is -0.497 e. The van der Waals surface area contributed by atoms with Gasteiger partial charge in [0.25, 0.3) is 5.91 Å². The average molecular weight is 477 g/mol. The Morgan fingerprint density at radius 2 is 1.74 bits per heavy atom. The van der Waals surface area contributed by atoms with Crippen LogP contribution < -0.4 is 14.8 Å². The smallest absolute Gasteiger partial charge is 0.339 e. The van der Waals surface area contributed by atoms with Crippen molar-refractivity contribution in [1.29, 1.82) is 0 Å². The monoisotopic (exact) mass is 476 g/mol. The lowest BCUT2D eigenvalue weighted by atomic mass is 9.70. The lowest BCUT2D eigenvalue weighted by molar-refractivity contribution is -0.119. The Kier molecular flexibility index (Phi) is 6.96. The molecule has 0 fully saturated rings. The van der Waals surface area contributed by atoms with Crippen molar-refractivity contribution in [2.75, 3.05) is 26.1 Å². The Balaban J connectivity index is 1.57. The number of benzene rings is 2. The van der Waals surface area contributed by atoms with Crippen molar-refractivity contribution in [2.45, 2.75) is 40.0 Å². The second-order valence-corrected chi connectivity index (χ2v) is 9.96. The molecule has 0 spiro atoms. The van der Waals surface area contributed by atoms with E-state index in [1.54, 1.807) is 18.2 Å². The van der Waals surface area contributed by atoms with Crippen LogP contribution >= 0.6 is 0 Å². The number of anilines is 1. The van der Waals surface area contributed by atoms with Gasteiger partial charge in [-0.25, -0.2) is 4.79 Å². The van der Waals surface area contributed by atoms with E-state index in [1.807, 2.05) is 24.3 Å². The highest BCUT2D eigenvalue weighted by Crippen LogP contribution is 2.39. The number of pyridine rings is 1. The van der Waals surface area contributed by atoms with Gasteiger partial charge in [-0.3, -0.25) is 9.78 Å². The van der Waals surface area contributed by atoms with E-state index in [-0.39, 0.29) is 5.41 Å². The number of nitrogens with one attached hydrogen (secondary N) is 1. The fraction of sp³-hybridized carbons (Fsp3) is 0.393. The topological polar surface area (TPSA) is 86.8 Å². The van der Waals surface area contributed by atoms with Gasteiger partial charge in [0.1, 0.15) is 11.5 Å². The zero-order valence-electron chi connectivity index (χ0n) is 20.9. The first-order valence-electron chi connectivity index (χ1n) is 11.8. The number of aromatic nitrogens is 1. The molecule has 1 amide bonds. The molecule has 2 aromatic carbocycles. The molecule has 0 bridgehead atoms. The second-order valence-electron chi connectivity index (χ2n) is 9.96. The molecule has 1 unspecified atom stereocenters. The molecule has 1 N–H and O–H groups in total. The number of fused-ring (bicyclic) bond motifs is 2. The number of hydrogen-bond donors (Lipinski definition) is 1. The number of rotatable bonds is 6. The van der Waals surface area contributed by atoms with Gasteiger partial charge in [0.2, 0.25) is 0 Å². The minimum atomic E-state index is -0.507. The maximum atomic E-state index is 13.4. The molecule has 3 aromatic rings. The summed E-state index contributed by atoms with van der Waals surface area (Å²) in [6.45, 7) is 6.28. The molecule has 1 aromatic heterocycles. The number of methoxy groups -OCH3 is 2. The van der Waals surface area contributed by atoms with Gasteiger partial charge in [0, 0.05) is 35.0 Å². The maximum absolute atomic E-state index is 13.4. The van der Waals surface area contributed by atoms with Crippen LogP contribution in [0.1, 0.15) is 48.8 Å². The summed E-state index contributed by atoms with van der Waals surface area (Å²) in [5.74, 6) is 0.553. The maximum Gasteiger partial charge on any atom is 0.339 e. The first-order valence-corrected chi connectivity index (χ1v) is 11.8. The molecule has 184 valence electrons. The average Bonchev–Trinajstić information content (AvgIpc) is 2.84. The van der Waals surface area contributed by atoms with Crippen molar-refractivity contribution in [1.82, 2.24) is 4.98 Å². The molecule has 7 nitrogen and oxygen atoms in total. The molecule has 1 aliphatic carbocycles. The Bertz CT molecular complexity index is 1240. The second kappa shape index (κ2) is 9.94. The van der Waals surface area contributed by atoms with Gasteiger partial charge in [-0.05, 0) is 42.2 Å². The summed E-state index contributed by atoms with van der Waals surface area (Å²) in [5.41, 5.74) is 3.78. The number of amides is 1. The van der Waals surface area contributed by atoms with Crippen LogP contribution in [0.15, 0.2) is 42.5 Å². The summed E-state index contributed by atoms with van der Waals surface area (Å²) < 4.78 is 16.0. The van der Waals surface area contributed by atoms with Crippen molar-refractivity contribution >= 4 is 28.5 Å². The van der Waals surface area contributed by atoms with Crippen molar-refractivity contribution < 1.29 is 23.8 Å². The van der Waals surface area contributed by atoms with E-state index in [0.29, 0.717) is 28.7 Å². The van der Waals surface area contributed by atoms with E-state index >= 15 is 0 Å². The molecule has 0 aliphatic heterocycles. The molecule has 4 rings (SSSR count). The number of carbonyl (C=O) groups excluding carboxylic acids is 2. The van der Waals surface area contributed by atoms with Crippen molar-refractivity contribution in [3.05, 3.63) is 59.3 Å². The van der Waals surface area contributed by atoms with Crippen molar-refractivity contribution in [3.8, 4) is 11.5 Å². The molecular formula is C28H32N2O5. The van der Waals surface area contributed by atoms with Crippen LogP contribution in [-0.2, 0) is 22.4 Å². The summed E-state index contributed by atoms with van der Waals surface area (Å²) in [4.78, 5) is 30.8. The van der Waals surface area contributed by atoms with Crippen LogP contribution in [0.5, 0.6) is 11.5 Å². The van der Waals surface area contributed by atoms with Gasteiger partial charge < -0.3 is 19.5 Å². The molecular weight excluding hydrogens is 444 g/mol. The largest absolute Gasteiger partial charge is 0.497 e. The number of aryl methyl sites for hydroxylation is 1. The molecule has 7 heteroatoms. The van der Waals surface area contributed by atoms with Gasteiger partial charge >= 0.3 is 5.97 Å². The molecule has 0 saturated heterocycles. The first-order chi connectivity index (χ1) is 16.7. The molecule has 1 aliphatic rings. The lowest BCUT2D eigenvalue weighted by Crippen LogP contribution is -2.29. The zero-order chi connectivity index (χ0) is 25.2. The Morgan fingerprint density at radius 3 is 2.40 bits per heavy atom. The molecule has 0 radical (unpaired) electrons. The van der Waals surface area contributed by atoms with Crippen LogP contribution in [0.25, 0.3) is 10.9 Å². The summed E-state index contributed by atoms with van der Waals surface area (Å²) in [6.07, 6.45) is 2.61. The summed E-state index contributed by atoms with van der Waals surface area (Å²) in [5, 5.41) is 3.49. The van der Waals surface area contributed by atoms with E-state index in [9.17, 15) is 9.59 Å².